The van der Waals surface area contributed by atoms with Crippen molar-refractivity contribution in [2.45, 2.75) is 38.9 Å². The number of rotatable bonds is 6. The van der Waals surface area contributed by atoms with Crippen LogP contribution >= 0.6 is 0 Å². The van der Waals surface area contributed by atoms with Crippen LogP contribution in [-0.4, -0.2) is 45.1 Å². The van der Waals surface area contributed by atoms with E-state index in [9.17, 15) is 4.79 Å². The van der Waals surface area contributed by atoms with Crippen LogP contribution in [0.25, 0.3) is 11.0 Å². The van der Waals surface area contributed by atoms with Crippen molar-refractivity contribution in [2.24, 2.45) is 0 Å². The maximum Gasteiger partial charge on any atom is 0.290 e. The van der Waals surface area contributed by atoms with E-state index >= 15 is 0 Å². The summed E-state index contributed by atoms with van der Waals surface area (Å²) < 4.78 is 12.2. The molecule has 27 heavy (non-hydrogen) atoms. The first-order chi connectivity index (χ1) is 13.3. The molecule has 0 unspecified atom stereocenters. The van der Waals surface area contributed by atoms with E-state index in [1.165, 1.54) is 12.3 Å². The van der Waals surface area contributed by atoms with Gasteiger partial charge in [0.15, 0.2) is 5.65 Å². The Morgan fingerprint density at radius 2 is 2.19 bits per heavy atom. The first-order valence-electron chi connectivity index (χ1n) is 9.12. The van der Waals surface area contributed by atoms with Crippen molar-refractivity contribution in [1.82, 2.24) is 25.2 Å². The molecule has 1 saturated heterocycles. The maximum absolute atomic E-state index is 12.2. The molecular formula is C18H22N6O3. The zero-order chi connectivity index (χ0) is 18.6. The third kappa shape index (κ3) is 3.63. The lowest BCUT2D eigenvalue weighted by Crippen LogP contribution is -2.29. The van der Waals surface area contributed by atoms with E-state index in [0.717, 1.165) is 54.9 Å². The molecular weight excluding hydrogens is 348 g/mol. The molecule has 0 radical (unpaired) electrons. The highest BCUT2D eigenvalue weighted by Crippen LogP contribution is 2.28. The molecule has 1 aliphatic rings. The molecule has 3 aromatic heterocycles. The third-order valence-electron chi connectivity index (χ3n) is 4.72. The molecule has 0 atom stereocenters. The Morgan fingerprint density at radius 1 is 1.33 bits per heavy atom. The number of ether oxygens (including phenoxy) is 1. The van der Waals surface area contributed by atoms with E-state index < -0.39 is 0 Å². The van der Waals surface area contributed by atoms with Crippen LogP contribution in [0.1, 0.15) is 35.9 Å². The normalized spacial score (nSPS) is 15.1. The third-order valence-corrected chi connectivity index (χ3v) is 4.72. The van der Waals surface area contributed by atoms with Crippen LogP contribution in [0.5, 0.6) is 0 Å². The molecule has 0 aliphatic carbocycles. The minimum Gasteiger partial charge on any atom is -0.381 e. The highest BCUT2D eigenvalue weighted by molar-refractivity contribution is 5.93. The van der Waals surface area contributed by atoms with Crippen LogP contribution < -0.4 is 10.6 Å². The lowest BCUT2D eigenvalue weighted by atomic mass is 10.1. The summed E-state index contributed by atoms with van der Waals surface area (Å²) in [5.41, 5.74) is 2.69. The van der Waals surface area contributed by atoms with Crippen molar-refractivity contribution < 1.29 is 14.1 Å². The summed E-state index contributed by atoms with van der Waals surface area (Å²) in [5.74, 6) is -0.129. The van der Waals surface area contributed by atoms with Gasteiger partial charge in [0, 0.05) is 50.2 Å². The van der Waals surface area contributed by atoms with Gasteiger partial charge in [-0.2, -0.15) is 5.10 Å². The number of aryl methyl sites for hydroxylation is 1. The van der Waals surface area contributed by atoms with Crippen LogP contribution in [0.4, 0.5) is 5.69 Å². The van der Waals surface area contributed by atoms with Crippen LogP contribution in [0.3, 0.4) is 0 Å². The molecule has 1 aliphatic heterocycles. The fourth-order valence-electron chi connectivity index (χ4n) is 3.25. The Kier molecular flexibility index (Phi) is 5.01. The number of nitrogens with zero attached hydrogens (tertiary/aromatic N) is 4. The van der Waals surface area contributed by atoms with E-state index in [1.807, 2.05) is 17.8 Å². The van der Waals surface area contributed by atoms with Gasteiger partial charge in [-0.25, -0.2) is 9.67 Å². The summed E-state index contributed by atoms with van der Waals surface area (Å²) in [5, 5.41) is 15.4. The number of aromatic nitrogens is 4. The lowest BCUT2D eigenvalue weighted by Gasteiger charge is -2.25. The summed E-state index contributed by atoms with van der Waals surface area (Å²) in [4.78, 5) is 16.7. The van der Waals surface area contributed by atoms with Gasteiger partial charge in [-0.1, -0.05) is 5.16 Å². The van der Waals surface area contributed by atoms with Crippen LogP contribution in [0.15, 0.2) is 29.2 Å². The Labute approximate surface area is 156 Å². The number of pyridine rings is 1. The predicted molar refractivity (Wildman–Crippen MR) is 98.3 cm³/mol. The van der Waals surface area contributed by atoms with Crippen molar-refractivity contribution in [3.63, 3.8) is 0 Å². The maximum atomic E-state index is 12.2. The van der Waals surface area contributed by atoms with Gasteiger partial charge in [0.05, 0.1) is 23.5 Å². The molecule has 0 aromatic carbocycles. The highest BCUT2D eigenvalue weighted by atomic mass is 16.5. The van der Waals surface area contributed by atoms with Gasteiger partial charge in [-0.15, -0.1) is 0 Å². The Bertz CT molecular complexity index is 915. The molecule has 142 valence electrons. The molecule has 3 aromatic rings. The van der Waals surface area contributed by atoms with Gasteiger partial charge in [0.25, 0.3) is 5.91 Å². The minimum atomic E-state index is -0.311. The number of amides is 1. The zero-order valence-corrected chi connectivity index (χ0v) is 15.1. The summed E-state index contributed by atoms with van der Waals surface area (Å²) in [7, 11) is 0. The predicted octanol–water partition coefficient (Wildman–Crippen LogP) is 1.96. The van der Waals surface area contributed by atoms with Crippen molar-refractivity contribution >= 4 is 22.6 Å². The average molecular weight is 370 g/mol. The molecule has 2 N–H and O–H groups in total. The first kappa shape index (κ1) is 17.5. The fraction of sp³-hybridized carbons (Fsp3) is 0.444. The molecule has 4 heterocycles. The Morgan fingerprint density at radius 3 is 2.93 bits per heavy atom. The standard InChI is InChI=1S/C18H22N6O3/c1-2-24-17-14(11-21-24)16(23-13-4-7-26-8-5-13)12(9-19-17)10-20-18(25)15-3-6-22-27-15/h3,6,9,11,13H,2,4-5,7-8,10H2,1H3,(H,19,23)(H,20,25). The quantitative estimate of drug-likeness (QED) is 0.683. The first-order valence-corrected chi connectivity index (χ1v) is 9.12. The summed E-state index contributed by atoms with van der Waals surface area (Å²) in [6.45, 7) is 4.60. The van der Waals surface area contributed by atoms with Gasteiger partial charge in [0.1, 0.15) is 0 Å². The van der Waals surface area contributed by atoms with Gasteiger partial charge < -0.3 is 19.9 Å². The zero-order valence-electron chi connectivity index (χ0n) is 15.1. The van der Waals surface area contributed by atoms with Crippen LogP contribution in [0, 0.1) is 0 Å². The van der Waals surface area contributed by atoms with Gasteiger partial charge in [0.2, 0.25) is 5.76 Å². The van der Waals surface area contributed by atoms with Crippen LogP contribution in [0.2, 0.25) is 0 Å². The van der Waals surface area contributed by atoms with E-state index in [0.29, 0.717) is 12.6 Å². The van der Waals surface area contributed by atoms with Crippen molar-refractivity contribution in [1.29, 1.82) is 0 Å². The topological polar surface area (TPSA) is 107 Å². The van der Waals surface area contributed by atoms with Crippen molar-refractivity contribution in [2.75, 3.05) is 18.5 Å². The molecule has 0 spiro atoms. The fourth-order valence-corrected chi connectivity index (χ4v) is 3.25. The molecule has 1 amide bonds. The summed E-state index contributed by atoms with van der Waals surface area (Å²) in [6, 6.07) is 1.85. The summed E-state index contributed by atoms with van der Waals surface area (Å²) >= 11 is 0. The smallest absolute Gasteiger partial charge is 0.290 e. The minimum absolute atomic E-state index is 0.182. The number of nitrogens with one attached hydrogen (secondary N) is 2. The summed E-state index contributed by atoms with van der Waals surface area (Å²) in [6.07, 6.45) is 6.94. The number of hydrogen-bond acceptors (Lipinski definition) is 7. The molecule has 0 saturated carbocycles. The van der Waals surface area contributed by atoms with E-state index in [4.69, 9.17) is 9.26 Å². The SMILES string of the molecule is CCn1ncc2c(NC3CCOCC3)c(CNC(=O)c3ccno3)cnc21. The number of carbonyl (C=O) groups is 1. The van der Waals surface area contributed by atoms with Gasteiger partial charge >= 0.3 is 0 Å². The lowest BCUT2D eigenvalue weighted by molar-refractivity contribution is 0.0904. The Hall–Kier alpha value is -2.94. The number of hydrogen-bond donors (Lipinski definition) is 2. The average Bonchev–Trinajstić information content (AvgIpc) is 3.37. The van der Waals surface area contributed by atoms with Gasteiger partial charge in [-0.3, -0.25) is 4.79 Å². The van der Waals surface area contributed by atoms with E-state index in [2.05, 4.69) is 25.9 Å². The second kappa shape index (κ2) is 7.75. The Balaban J connectivity index is 1.61. The molecule has 0 bridgehead atoms. The number of fused-ring (bicyclic) bond motifs is 1. The molecule has 9 nitrogen and oxygen atoms in total. The molecule has 9 heteroatoms. The second-order valence-corrected chi connectivity index (χ2v) is 6.45. The molecule has 1 fully saturated rings. The monoisotopic (exact) mass is 370 g/mol. The largest absolute Gasteiger partial charge is 0.381 e. The highest BCUT2D eigenvalue weighted by Gasteiger charge is 2.19. The molecule has 4 rings (SSSR count). The van der Waals surface area contributed by atoms with Crippen molar-refractivity contribution in [3.05, 3.63) is 36.0 Å². The van der Waals surface area contributed by atoms with Crippen molar-refractivity contribution in [3.8, 4) is 0 Å². The number of carbonyl (C=O) groups excluding carboxylic acids is 1. The van der Waals surface area contributed by atoms with Gasteiger partial charge in [-0.05, 0) is 19.8 Å². The van der Waals surface area contributed by atoms with Crippen LogP contribution in [-0.2, 0) is 17.8 Å². The number of anilines is 1. The second-order valence-electron chi connectivity index (χ2n) is 6.45. The van der Waals surface area contributed by atoms with E-state index in [1.54, 1.807) is 6.20 Å². The van der Waals surface area contributed by atoms with E-state index in [-0.39, 0.29) is 11.7 Å².